The Kier molecular flexibility index (Phi) is 4.52. The third-order valence-corrected chi connectivity index (χ3v) is 3.63. The van der Waals surface area contributed by atoms with E-state index in [1.807, 2.05) is 0 Å². The van der Waals surface area contributed by atoms with E-state index in [9.17, 15) is 18.4 Å². The number of benzene rings is 1. The number of rotatable bonds is 4. The molecular formula is C14H15F2NO4. The van der Waals surface area contributed by atoms with Crippen LogP contribution in [0.1, 0.15) is 5.56 Å². The minimum atomic E-state index is -1.06. The quantitative estimate of drug-likeness (QED) is 0.903. The fourth-order valence-electron chi connectivity index (χ4n) is 2.32. The number of carbonyl (C=O) groups excluding carboxylic acids is 1. The molecule has 0 aromatic heterocycles. The molecule has 2 unspecified atom stereocenters. The molecule has 1 saturated heterocycles. The number of amides is 1. The van der Waals surface area contributed by atoms with Gasteiger partial charge in [-0.2, -0.15) is 0 Å². The molecule has 1 heterocycles. The van der Waals surface area contributed by atoms with Crippen LogP contribution in [0.3, 0.4) is 0 Å². The van der Waals surface area contributed by atoms with Gasteiger partial charge in [-0.1, -0.05) is 12.1 Å². The van der Waals surface area contributed by atoms with Gasteiger partial charge in [0.2, 0.25) is 5.91 Å². The first-order valence-electron chi connectivity index (χ1n) is 6.41. The normalized spacial score (nSPS) is 21.3. The van der Waals surface area contributed by atoms with Crippen LogP contribution < -0.4 is 0 Å². The van der Waals surface area contributed by atoms with E-state index >= 15 is 0 Å². The van der Waals surface area contributed by atoms with Crippen molar-refractivity contribution in [1.82, 2.24) is 4.90 Å². The maximum absolute atomic E-state index is 13.5. The molecule has 2 rings (SSSR count). The highest BCUT2D eigenvalue weighted by molar-refractivity contribution is 5.80. The lowest BCUT2D eigenvalue weighted by Crippen LogP contribution is -2.44. The molecule has 0 saturated carbocycles. The van der Waals surface area contributed by atoms with Gasteiger partial charge in [0, 0.05) is 12.6 Å². The van der Waals surface area contributed by atoms with E-state index in [0.29, 0.717) is 0 Å². The van der Waals surface area contributed by atoms with Crippen LogP contribution in [0.2, 0.25) is 0 Å². The van der Waals surface area contributed by atoms with Crippen molar-refractivity contribution < 1.29 is 28.2 Å². The zero-order chi connectivity index (χ0) is 15.6. The van der Waals surface area contributed by atoms with E-state index in [-0.39, 0.29) is 25.2 Å². The van der Waals surface area contributed by atoms with Crippen molar-refractivity contribution in [3.63, 3.8) is 0 Å². The summed E-state index contributed by atoms with van der Waals surface area (Å²) >= 11 is 0. The number of ether oxygens (including phenoxy) is 1. The van der Waals surface area contributed by atoms with Crippen molar-refractivity contribution in [3.05, 3.63) is 35.4 Å². The molecule has 2 atom stereocenters. The highest BCUT2D eigenvalue weighted by Crippen LogP contribution is 2.20. The van der Waals surface area contributed by atoms with Gasteiger partial charge in [-0.3, -0.25) is 9.59 Å². The van der Waals surface area contributed by atoms with E-state index in [1.165, 1.54) is 24.1 Å². The van der Waals surface area contributed by atoms with Crippen LogP contribution in [-0.2, 0) is 20.7 Å². The molecule has 1 amide bonds. The molecule has 1 aliphatic heterocycles. The Morgan fingerprint density at radius 1 is 1.38 bits per heavy atom. The van der Waals surface area contributed by atoms with E-state index in [4.69, 9.17) is 9.84 Å². The average molecular weight is 299 g/mol. The summed E-state index contributed by atoms with van der Waals surface area (Å²) in [5.41, 5.74) is -0.0577. The molecule has 5 nitrogen and oxygen atoms in total. The Balaban J connectivity index is 2.09. The largest absolute Gasteiger partial charge is 0.481 e. The van der Waals surface area contributed by atoms with Crippen molar-refractivity contribution >= 4 is 11.9 Å². The molecule has 1 fully saturated rings. The second-order valence-electron chi connectivity index (χ2n) is 4.94. The summed E-state index contributed by atoms with van der Waals surface area (Å²) in [5, 5.41) is 9.06. The van der Waals surface area contributed by atoms with E-state index in [2.05, 4.69) is 0 Å². The molecular weight excluding hydrogens is 284 g/mol. The molecule has 114 valence electrons. The smallest absolute Gasteiger partial charge is 0.311 e. The number of carbonyl (C=O) groups is 2. The monoisotopic (exact) mass is 299 g/mol. The predicted octanol–water partition coefficient (Wildman–Crippen LogP) is 1.07. The zero-order valence-corrected chi connectivity index (χ0v) is 11.4. The minimum absolute atomic E-state index is 0.0337. The average Bonchev–Trinajstić information content (AvgIpc) is 2.92. The standard InChI is InChI=1S/C14H15F2NO4/c1-17(11-7-21-6-9(11)14(19)20)12(18)5-8-3-2-4-10(15)13(8)16/h2-4,9,11H,5-7H2,1H3,(H,19,20). The van der Waals surface area contributed by atoms with Gasteiger partial charge in [-0.25, -0.2) is 8.78 Å². The first-order chi connectivity index (χ1) is 9.91. The van der Waals surface area contributed by atoms with Gasteiger partial charge in [0.1, 0.15) is 5.92 Å². The minimum Gasteiger partial charge on any atom is -0.481 e. The van der Waals surface area contributed by atoms with Crippen LogP contribution in [-0.4, -0.2) is 48.2 Å². The number of likely N-dealkylation sites (N-methyl/N-ethyl adjacent to an activating group) is 1. The molecule has 7 heteroatoms. The van der Waals surface area contributed by atoms with Crippen molar-refractivity contribution in [3.8, 4) is 0 Å². The second kappa shape index (κ2) is 6.17. The van der Waals surface area contributed by atoms with Crippen LogP contribution in [0.4, 0.5) is 8.78 Å². The maximum Gasteiger partial charge on any atom is 0.311 e. The molecule has 1 aliphatic rings. The van der Waals surface area contributed by atoms with Crippen molar-refractivity contribution in [2.75, 3.05) is 20.3 Å². The van der Waals surface area contributed by atoms with Gasteiger partial charge in [0.15, 0.2) is 11.6 Å². The van der Waals surface area contributed by atoms with Gasteiger partial charge in [0.25, 0.3) is 0 Å². The third-order valence-electron chi connectivity index (χ3n) is 3.63. The van der Waals surface area contributed by atoms with Crippen molar-refractivity contribution in [1.29, 1.82) is 0 Å². The summed E-state index contributed by atoms with van der Waals surface area (Å²) < 4.78 is 31.7. The molecule has 0 bridgehead atoms. The Hall–Kier alpha value is -2.02. The Morgan fingerprint density at radius 3 is 2.76 bits per heavy atom. The van der Waals surface area contributed by atoms with Crippen LogP contribution in [0.5, 0.6) is 0 Å². The summed E-state index contributed by atoms with van der Waals surface area (Å²) in [7, 11) is 1.44. The number of nitrogens with zero attached hydrogens (tertiary/aromatic N) is 1. The molecule has 1 N–H and O–H groups in total. The molecule has 0 spiro atoms. The van der Waals surface area contributed by atoms with Gasteiger partial charge >= 0.3 is 5.97 Å². The summed E-state index contributed by atoms with van der Waals surface area (Å²) in [6.45, 7) is 0.150. The second-order valence-corrected chi connectivity index (χ2v) is 4.94. The number of halogens is 2. The summed E-state index contributed by atoms with van der Waals surface area (Å²) in [6, 6.07) is 3.01. The number of hydrogen-bond acceptors (Lipinski definition) is 3. The fraction of sp³-hybridized carbons (Fsp3) is 0.429. The van der Waals surface area contributed by atoms with Crippen LogP contribution in [0, 0.1) is 17.6 Å². The summed E-state index contributed by atoms with van der Waals surface area (Å²) in [4.78, 5) is 24.4. The van der Waals surface area contributed by atoms with Gasteiger partial charge < -0.3 is 14.7 Å². The third kappa shape index (κ3) is 3.18. The Morgan fingerprint density at radius 2 is 2.10 bits per heavy atom. The van der Waals surface area contributed by atoms with Gasteiger partial charge in [-0.05, 0) is 6.07 Å². The molecule has 0 radical (unpaired) electrons. The number of carboxylic acids is 1. The van der Waals surface area contributed by atoms with Gasteiger partial charge in [-0.15, -0.1) is 0 Å². The molecule has 0 aliphatic carbocycles. The molecule has 1 aromatic rings. The van der Waals surface area contributed by atoms with E-state index in [1.54, 1.807) is 0 Å². The van der Waals surface area contributed by atoms with E-state index in [0.717, 1.165) is 6.07 Å². The van der Waals surface area contributed by atoms with Crippen molar-refractivity contribution in [2.45, 2.75) is 12.5 Å². The summed E-state index contributed by atoms with van der Waals surface area (Å²) in [6.07, 6.45) is -0.330. The van der Waals surface area contributed by atoms with Crippen molar-refractivity contribution in [2.24, 2.45) is 5.92 Å². The predicted molar refractivity (Wildman–Crippen MR) is 68.6 cm³/mol. The van der Waals surface area contributed by atoms with Crippen LogP contribution in [0.15, 0.2) is 18.2 Å². The Labute approximate surface area is 120 Å². The topological polar surface area (TPSA) is 66.8 Å². The SMILES string of the molecule is CN(C(=O)Cc1cccc(F)c1F)C1COCC1C(=O)O. The van der Waals surface area contributed by atoms with Crippen LogP contribution in [0.25, 0.3) is 0 Å². The lowest BCUT2D eigenvalue weighted by molar-refractivity contribution is -0.144. The summed E-state index contributed by atoms with van der Waals surface area (Å²) in [5.74, 6) is -4.42. The fourth-order valence-corrected chi connectivity index (χ4v) is 2.32. The lowest BCUT2D eigenvalue weighted by Gasteiger charge is -2.26. The zero-order valence-electron chi connectivity index (χ0n) is 11.4. The first-order valence-corrected chi connectivity index (χ1v) is 6.41. The number of carboxylic acid groups (broad SMARTS) is 1. The first kappa shape index (κ1) is 15.4. The van der Waals surface area contributed by atoms with Gasteiger partial charge in [0.05, 0.1) is 25.7 Å². The maximum atomic E-state index is 13.5. The molecule has 1 aromatic carbocycles. The lowest BCUT2D eigenvalue weighted by atomic mass is 10.0. The number of hydrogen-bond donors (Lipinski definition) is 1. The number of aliphatic carboxylic acids is 1. The Bertz CT molecular complexity index is 564. The van der Waals surface area contributed by atoms with Crippen LogP contribution >= 0.6 is 0 Å². The molecule has 21 heavy (non-hydrogen) atoms. The van der Waals surface area contributed by atoms with E-state index < -0.39 is 35.5 Å². The highest BCUT2D eigenvalue weighted by atomic mass is 19.2. The highest BCUT2D eigenvalue weighted by Gasteiger charge is 2.38.